The molecule has 0 spiro atoms. The highest BCUT2D eigenvalue weighted by atomic mass is 32.2. The zero-order valence-electron chi connectivity index (χ0n) is 14.0. The van der Waals surface area contributed by atoms with Crippen molar-refractivity contribution >= 4 is 28.6 Å². The van der Waals surface area contributed by atoms with Gasteiger partial charge in [-0.15, -0.1) is 0 Å². The molecular weight excluding hydrogens is 314 g/mol. The first-order chi connectivity index (χ1) is 10.9. The minimum atomic E-state index is -0.237. The van der Waals surface area contributed by atoms with Crippen molar-refractivity contribution in [3.05, 3.63) is 23.8 Å². The minimum absolute atomic E-state index is 0.106. The maximum absolute atomic E-state index is 11.7. The lowest BCUT2D eigenvalue weighted by atomic mass is 10.1. The summed E-state index contributed by atoms with van der Waals surface area (Å²) in [6.45, 7) is 5.64. The molecule has 124 valence electrons. The van der Waals surface area contributed by atoms with Crippen molar-refractivity contribution in [3.63, 3.8) is 0 Å². The van der Waals surface area contributed by atoms with Gasteiger partial charge in [-0.1, -0.05) is 11.8 Å². The van der Waals surface area contributed by atoms with E-state index in [9.17, 15) is 4.79 Å². The molecule has 6 heteroatoms. The summed E-state index contributed by atoms with van der Waals surface area (Å²) in [7, 11) is 3.20. The molecule has 1 heterocycles. The number of hydrogen-bond donors (Lipinski definition) is 0. The van der Waals surface area contributed by atoms with Crippen LogP contribution in [0.5, 0.6) is 11.5 Å². The van der Waals surface area contributed by atoms with Crippen LogP contribution in [0.15, 0.2) is 23.2 Å². The van der Waals surface area contributed by atoms with Crippen molar-refractivity contribution in [2.24, 2.45) is 0 Å². The van der Waals surface area contributed by atoms with Crippen LogP contribution in [0.2, 0.25) is 0 Å². The number of pyridine rings is 1. The van der Waals surface area contributed by atoms with Gasteiger partial charge in [0.2, 0.25) is 0 Å². The van der Waals surface area contributed by atoms with Crippen LogP contribution in [0.4, 0.5) is 0 Å². The van der Waals surface area contributed by atoms with E-state index in [-0.39, 0.29) is 17.8 Å². The molecule has 2 aromatic rings. The van der Waals surface area contributed by atoms with Gasteiger partial charge in [0.15, 0.2) is 11.5 Å². The van der Waals surface area contributed by atoms with Gasteiger partial charge in [-0.25, -0.2) is 4.98 Å². The maximum Gasteiger partial charge on any atom is 0.316 e. The Kier molecular flexibility index (Phi) is 5.71. The first kappa shape index (κ1) is 17.4. The average molecular weight is 335 g/mol. The van der Waals surface area contributed by atoms with Crippen molar-refractivity contribution < 1.29 is 19.0 Å². The Morgan fingerprint density at radius 2 is 1.83 bits per heavy atom. The van der Waals surface area contributed by atoms with Gasteiger partial charge >= 0.3 is 5.97 Å². The molecule has 0 radical (unpaired) electrons. The van der Waals surface area contributed by atoms with Crippen molar-refractivity contribution in [1.29, 1.82) is 0 Å². The number of carbonyl (C=O) groups excluding carboxylic acids is 1. The summed E-state index contributed by atoms with van der Waals surface area (Å²) in [6.07, 6.45) is -0.106. The number of esters is 1. The van der Waals surface area contributed by atoms with E-state index >= 15 is 0 Å². The lowest BCUT2D eigenvalue weighted by Crippen LogP contribution is -2.13. The molecular formula is C17H21NO4S. The summed E-state index contributed by atoms with van der Waals surface area (Å²) in [6, 6.07) is 5.76. The van der Waals surface area contributed by atoms with E-state index in [4.69, 9.17) is 14.2 Å². The standard InChI is InChI=1S/C17H21NO4S/c1-10(2)22-16(19)9-23-17-11(3)6-12-7-14(20-4)15(21-5)8-13(12)18-17/h6-8,10H,9H2,1-5H3. The van der Waals surface area contributed by atoms with Crippen LogP contribution >= 0.6 is 11.8 Å². The third-order valence-electron chi connectivity index (χ3n) is 3.16. The molecule has 0 aliphatic heterocycles. The molecule has 1 aromatic heterocycles. The molecule has 5 nitrogen and oxygen atoms in total. The zero-order valence-corrected chi connectivity index (χ0v) is 14.8. The van der Waals surface area contributed by atoms with Gasteiger partial charge in [-0.05, 0) is 38.5 Å². The Balaban J connectivity index is 2.27. The number of fused-ring (bicyclic) bond motifs is 1. The second-order valence-corrected chi connectivity index (χ2v) is 6.30. The summed E-state index contributed by atoms with van der Waals surface area (Å²) in [5.74, 6) is 1.30. The van der Waals surface area contributed by atoms with Crippen molar-refractivity contribution in [3.8, 4) is 11.5 Å². The monoisotopic (exact) mass is 335 g/mol. The predicted octanol–water partition coefficient (Wildman–Crippen LogP) is 3.60. The van der Waals surface area contributed by atoms with Gasteiger partial charge in [0.25, 0.3) is 0 Å². The summed E-state index contributed by atoms with van der Waals surface area (Å²) in [4.78, 5) is 16.3. The minimum Gasteiger partial charge on any atom is -0.493 e. The fraction of sp³-hybridized carbons (Fsp3) is 0.412. The first-order valence-electron chi connectivity index (χ1n) is 7.30. The van der Waals surface area contributed by atoms with E-state index in [1.165, 1.54) is 11.8 Å². The van der Waals surface area contributed by atoms with Crippen LogP contribution in [0.3, 0.4) is 0 Å². The Bertz CT molecular complexity index is 715. The highest BCUT2D eigenvalue weighted by Crippen LogP contribution is 2.33. The van der Waals surface area contributed by atoms with E-state index in [0.717, 1.165) is 21.5 Å². The van der Waals surface area contributed by atoms with Crippen molar-refractivity contribution in [1.82, 2.24) is 4.98 Å². The molecule has 0 amide bonds. The van der Waals surface area contributed by atoms with Crippen LogP contribution < -0.4 is 9.47 Å². The summed E-state index contributed by atoms with van der Waals surface area (Å²) < 4.78 is 15.8. The maximum atomic E-state index is 11.7. The third kappa shape index (κ3) is 4.28. The summed E-state index contributed by atoms with van der Waals surface area (Å²) in [5.41, 5.74) is 1.81. The number of nitrogens with zero attached hydrogens (tertiary/aromatic N) is 1. The quantitative estimate of drug-likeness (QED) is 0.594. The lowest BCUT2D eigenvalue weighted by molar-refractivity contribution is -0.144. The number of aryl methyl sites for hydroxylation is 1. The predicted molar refractivity (Wildman–Crippen MR) is 91.5 cm³/mol. The molecule has 0 aliphatic carbocycles. The highest BCUT2D eigenvalue weighted by Gasteiger charge is 2.12. The second-order valence-electron chi connectivity index (χ2n) is 5.34. The van der Waals surface area contributed by atoms with E-state index in [2.05, 4.69) is 4.98 Å². The molecule has 2 rings (SSSR count). The van der Waals surface area contributed by atoms with Crippen LogP contribution in [0.25, 0.3) is 10.9 Å². The van der Waals surface area contributed by atoms with Crippen LogP contribution in [-0.4, -0.2) is 37.0 Å². The highest BCUT2D eigenvalue weighted by molar-refractivity contribution is 7.99. The number of benzene rings is 1. The van der Waals surface area contributed by atoms with Crippen molar-refractivity contribution in [2.75, 3.05) is 20.0 Å². The topological polar surface area (TPSA) is 57.7 Å². The molecule has 0 saturated carbocycles. The number of thioether (sulfide) groups is 1. The second kappa shape index (κ2) is 7.55. The zero-order chi connectivity index (χ0) is 17.0. The Hall–Kier alpha value is -1.95. The summed E-state index contributed by atoms with van der Waals surface area (Å²) >= 11 is 1.38. The molecule has 0 atom stereocenters. The van der Waals surface area contributed by atoms with Crippen molar-refractivity contribution in [2.45, 2.75) is 31.9 Å². The van der Waals surface area contributed by atoms with Gasteiger partial charge in [-0.3, -0.25) is 4.79 Å². The smallest absolute Gasteiger partial charge is 0.316 e. The Labute approximate surface area is 140 Å². The molecule has 1 aromatic carbocycles. The van der Waals surface area contributed by atoms with E-state index < -0.39 is 0 Å². The number of hydrogen-bond acceptors (Lipinski definition) is 6. The number of carbonyl (C=O) groups is 1. The molecule has 0 bridgehead atoms. The van der Waals surface area contributed by atoms with Gasteiger partial charge in [0, 0.05) is 11.5 Å². The number of methoxy groups -OCH3 is 2. The largest absolute Gasteiger partial charge is 0.493 e. The van der Waals surface area contributed by atoms with E-state index in [1.54, 1.807) is 14.2 Å². The van der Waals surface area contributed by atoms with E-state index in [1.807, 2.05) is 39.0 Å². The molecule has 23 heavy (non-hydrogen) atoms. The van der Waals surface area contributed by atoms with Crippen LogP contribution in [0, 0.1) is 6.92 Å². The SMILES string of the molecule is COc1cc2cc(C)c(SCC(=O)OC(C)C)nc2cc1OC. The summed E-state index contributed by atoms with van der Waals surface area (Å²) in [5, 5.41) is 1.78. The number of ether oxygens (including phenoxy) is 3. The van der Waals surface area contributed by atoms with Gasteiger partial charge < -0.3 is 14.2 Å². The van der Waals surface area contributed by atoms with E-state index in [0.29, 0.717) is 11.5 Å². The Morgan fingerprint density at radius 1 is 1.17 bits per heavy atom. The molecule has 0 fully saturated rings. The van der Waals surface area contributed by atoms with Gasteiger partial charge in [-0.2, -0.15) is 0 Å². The Morgan fingerprint density at radius 3 is 2.43 bits per heavy atom. The van der Waals surface area contributed by atoms with Crippen LogP contribution in [-0.2, 0) is 9.53 Å². The van der Waals surface area contributed by atoms with Gasteiger partial charge in [0.05, 0.1) is 31.6 Å². The van der Waals surface area contributed by atoms with Crippen LogP contribution in [0.1, 0.15) is 19.4 Å². The third-order valence-corrected chi connectivity index (χ3v) is 4.22. The number of rotatable bonds is 6. The fourth-order valence-electron chi connectivity index (χ4n) is 2.16. The molecule has 0 unspecified atom stereocenters. The molecule has 0 saturated heterocycles. The number of aromatic nitrogens is 1. The fourth-order valence-corrected chi connectivity index (χ4v) is 2.93. The lowest BCUT2D eigenvalue weighted by Gasteiger charge is -2.12. The van der Waals surface area contributed by atoms with Gasteiger partial charge in [0.1, 0.15) is 5.03 Å². The first-order valence-corrected chi connectivity index (χ1v) is 8.28. The molecule has 0 N–H and O–H groups in total. The average Bonchev–Trinajstić information content (AvgIpc) is 2.50. The normalized spacial score (nSPS) is 10.9. The molecule has 0 aliphatic rings.